The van der Waals surface area contributed by atoms with Crippen molar-refractivity contribution in [2.75, 3.05) is 24.5 Å². The van der Waals surface area contributed by atoms with Crippen LogP contribution in [0.15, 0.2) is 18.3 Å². The number of pyridine rings is 1. The minimum absolute atomic E-state index is 0.0234. The van der Waals surface area contributed by atoms with E-state index < -0.39 is 0 Å². The average molecular weight is 311 g/mol. The van der Waals surface area contributed by atoms with Crippen LogP contribution in [-0.2, 0) is 0 Å². The highest BCUT2D eigenvalue weighted by atomic mass is 16.2. The molecule has 0 atom stereocenters. The molecule has 23 heavy (non-hydrogen) atoms. The van der Waals surface area contributed by atoms with E-state index in [0.717, 1.165) is 31.7 Å². The van der Waals surface area contributed by atoms with Gasteiger partial charge < -0.3 is 9.80 Å². The van der Waals surface area contributed by atoms with E-state index in [-0.39, 0.29) is 11.9 Å². The van der Waals surface area contributed by atoms with Gasteiger partial charge in [0.2, 0.25) is 0 Å². The summed E-state index contributed by atoms with van der Waals surface area (Å²) in [6.45, 7) is 2.51. The standard InChI is InChI=1S/C19H25N3O/c1-2-12-22(17-8-4-3-5-9-17)19(23)16-10-11-18(20-15-16)21-13-6-7-14-21/h1,10-11,15,17H,3-9,12-14H2. The van der Waals surface area contributed by atoms with Crippen molar-refractivity contribution in [2.45, 2.75) is 51.0 Å². The molecule has 0 bridgehead atoms. The summed E-state index contributed by atoms with van der Waals surface area (Å²) in [5.74, 6) is 3.64. The Kier molecular flexibility index (Phi) is 5.17. The first-order valence-corrected chi connectivity index (χ1v) is 8.75. The zero-order valence-corrected chi connectivity index (χ0v) is 13.7. The highest BCUT2D eigenvalue weighted by Gasteiger charge is 2.26. The van der Waals surface area contributed by atoms with Crippen LogP contribution in [0.5, 0.6) is 0 Å². The minimum atomic E-state index is 0.0234. The third kappa shape index (κ3) is 3.67. The molecule has 1 aliphatic carbocycles. The van der Waals surface area contributed by atoms with Gasteiger partial charge in [-0.2, -0.15) is 0 Å². The zero-order chi connectivity index (χ0) is 16.1. The van der Waals surface area contributed by atoms with Crippen molar-refractivity contribution in [3.05, 3.63) is 23.9 Å². The Labute approximate surface area is 138 Å². The molecule has 4 heteroatoms. The molecule has 1 amide bonds. The molecule has 122 valence electrons. The maximum absolute atomic E-state index is 12.8. The molecule has 4 nitrogen and oxygen atoms in total. The van der Waals surface area contributed by atoms with Crippen LogP contribution >= 0.6 is 0 Å². The van der Waals surface area contributed by atoms with Gasteiger partial charge in [-0.25, -0.2) is 4.98 Å². The predicted molar refractivity (Wildman–Crippen MR) is 92.4 cm³/mol. The molecule has 0 aromatic carbocycles. The van der Waals surface area contributed by atoms with Crippen molar-refractivity contribution in [1.82, 2.24) is 9.88 Å². The van der Waals surface area contributed by atoms with Gasteiger partial charge in [-0.15, -0.1) is 6.42 Å². The van der Waals surface area contributed by atoms with Crippen LogP contribution in [0, 0.1) is 12.3 Å². The van der Waals surface area contributed by atoms with Crippen LogP contribution in [0.1, 0.15) is 55.3 Å². The Morgan fingerprint density at radius 2 is 1.96 bits per heavy atom. The summed E-state index contributed by atoms with van der Waals surface area (Å²) in [5, 5.41) is 0. The number of anilines is 1. The van der Waals surface area contributed by atoms with E-state index in [0.29, 0.717) is 12.1 Å². The number of hydrogen-bond donors (Lipinski definition) is 0. The molecule has 2 fully saturated rings. The summed E-state index contributed by atoms with van der Waals surface area (Å²) in [7, 11) is 0. The second-order valence-electron chi connectivity index (χ2n) is 6.53. The lowest BCUT2D eigenvalue weighted by molar-refractivity contribution is 0.0667. The smallest absolute Gasteiger partial charge is 0.256 e. The number of rotatable bonds is 4. The molecule has 1 aromatic rings. The fraction of sp³-hybridized carbons (Fsp3) is 0.579. The fourth-order valence-electron chi connectivity index (χ4n) is 3.67. The molecule has 1 aliphatic heterocycles. The summed E-state index contributed by atoms with van der Waals surface area (Å²) >= 11 is 0. The first kappa shape index (κ1) is 15.9. The van der Waals surface area contributed by atoms with Gasteiger partial charge in [-0.3, -0.25) is 4.79 Å². The third-order valence-electron chi connectivity index (χ3n) is 4.96. The maximum atomic E-state index is 12.8. The van der Waals surface area contributed by atoms with Crippen LogP contribution in [0.4, 0.5) is 5.82 Å². The van der Waals surface area contributed by atoms with Gasteiger partial charge >= 0.3 is 0 Å². The number of carbonyl (C=O) groups is 1. The average Bonchev–Trinajstić information content (AvgIpc) is 3.15. The Morgan fingerprint density at radius 1 is 1.22 bits per heavy atom. The van der Waals surface area contributed by atoms with Gasteiger partial charge in [0, 0.05) is 25.3 Å². The monoisotopic (exact) mass is 311 g/mol. The molecule has 0 radical (unpaired) electrons. The minimum Gasteiger partial charge on any atom is -0.357 e. The zero-order valence-electron chi connectivity index (χ0n) is 13.7. The normalized spacial score (nSPS) is 18.7. The first-order valence-electron chi connectivity index (χ1n) is 8.75. The Balaban J connectivity index is 1.72. The van der Waals surface area contributed by atoms with Crippen molar-refractivity contribution in [2.24, 2.45) is 0 Å². The lowest BCUT2D eigenvalue weighted by Crippen LogP contribution is -2.41. The Hall–Kier alpha value is -2.02. The number of aromatic nitrogens is 1. The predicted octanol–water partition coefficient (Wildman–Crippen LogP) is 3.09. The summed E-state index contributed by atoms with van der Waals surface area (Å²) in [4.78, 5) is 21.5. The van der Waals surface area contributed by atoms with E-state index in [4.69, 9.17) is 6.42 Å². The number of nitrogens with zero attached hydrogens (tertiary/aromatic N) is 3. The highest BCUT2D eigenvalue weighted by molar-refractivity contribution is 5.94. The maximum Gasteiger partial charge on any atom is 0.256 e. The Bertz CT molecular complexity index is 563. The number of hydrogen-bond acceptors (Lipinski definition) is 3. The van der Waals surface area contributed by atoms with Crippen LogP contribution in [0.3, 0.4) is 0 Å². The van der Waals surface area contributed by atoms with E-state index in [9.17, 15) is 4.79 Å². The van der Waals surface area contributed by atoms with E-state index >= 15 is 0 Å². The molecular weight excluding hydrogens is 286 g/mol. The molecule has 1 saturated carbocycles. The molecule has 3 rings (SSSR count). The molecule has 2 aliphatic rings. The summed E-state index contributed by atoms with van der Waals surface area (Å²) in [6, 6.07) is 4.15. The van der Waals surface area contributed by atoms with Crippen LogP contribution in [0.2, 0.25) is 0 Å². The van der Waals surface area contributed by atoms with E-state index in [1.165, 1.54) is 32.1 Å². The van der Waals surface area contributed by atoms with Crippen LogP contribution < -0.4 is 4.90 Å². The summed E-state index contributed by atoms with van der Waals surface area (Å²) in [6.07, 6.45) is 15.4. The largest absolute Gasteiger partial charge is 0.357 e. The topological polar surface area (TPSA) is 36.4 Å². The number of amides is 1. The third-order valence-corrected chi connectivity index (χ3v) is 4.96. The number of carbonyl (C=O) groups excluding carboxylic acids is 1. The van der Waals surface area contributed by atoms with Crippen molar-refractivity contribution >= 4 is 11.7 Å². The van der Waals surface area contributed by atoms with Gasteiger partial charge in [-0.05, 0) is 37.8 Å². The SMILES string of the molecule is C#CCN(C(=O)c1ccc(N2CCCC2)nc1)C1CCCCC1. The molecule has 0 unspecified atom stereocenters. The van der Waals surface area contributed by atoms with Gasteiger partial charge in [0.05, 0.1) is 12.1 Å². The molecule has 0 N–H and O–H groups in total. The van der Waals surface area contributed by atoms with Gasteiger partial charge in [0.15, 0.2) is 0 Å². The summed E-state index contributed by atoms with van der Waals surface area (Å²) < 4.78 is 0. The molecule has 0 spiro atoms. The highest BCUT2D eigenvalue weighted by Crippen LogP contribution is 2.24. The fourth-order valence-corrected chi connectivity index (χ4v) is 3.67. The van der Waals surface area contributed by atoms with Crippen molar-refractivity contribution in [3.63, 3.8) is 0 Å². The second kappa shape index (κ2) is 7.50. The van der Waals surface area contributed by atoms with E-state index in [2.05, 4.69) is 15.8 Å². The van der Waals surface area contributed by atoms with Crippen molar-refractivity contribution in [1.29, 1.82) is 0 Å². The molecular formula is C19H25N3O. The van der Waals surface area contributed by atoms with E-state index in [1.807, 2.05) is 17.0 Å². The molecule has 1 saturated heterocycles. The van der Waals surface area contributed by atoms with Gasteiger partial charge in [-0.1, -0.05) is 25.2 Å². The lowest BCUT2D eigenvalue weighted by Gasteiger charge is -2.33. The Morgan fingerprint density at radius 3 is 2.57 bits per heavy atom. The molecule has 2 heterocycles. The van der Waals surface area contributed by atoms with Gasteiger partial charge in [0.25, 0.3) is 5.91 Å². The quantitative estimate of drug-likeness (QED) is 0.802. The second-order valence-corrected chi connectivity index (χ2v) is 6.53. The number of terminal acetylenes is 1. The van der Waals surface area contributed by atoms with Gasteiger partial charge in [0.1, 0.15) is 5.82 Å². The van der Waals surface area contributed by atoms with E-state index in [1.54, 1.807) is 6.20 Å². The van der Waals surface area contributed by atoms with Crippen LogP contribution in [0.25, 0.3) is 0 Å². The van der Waals surface area contributed by atoms with Crippen molar-refractivity contribution in [3.8, 4) is 12.3 Å². The lowest BCUT2D eigenvalue weighted by atomic mass is 9.93. The molecule has 1 aromatic heterocycles. The summed E-state index contributed by atoms with van der Waals surface area (Å²) in [5.41, 5.74) is 0.647. The van der Waals surface area contributed by atoms with Crippen molar-refractivity contribution < 1.29 is 4.79 Å². The van der Waals surface area contributed by atoms with Crippen LogP contribution in [-0.4, -0.2) is 41.5 Å². The first-order chi connectivity index (χ1) is 11.3.